The van der Waals surface area contributed by atoms with Gasteiger partial charge in [-0.1, -0.05) is 48.5 Å². The van der Waals surface area contributed by atoms with Gasteiger partial charge in [0.15, 0.2) is 0 Å². The summed E-state index contributed by atoms with van der Waals surface area (Å²) in [7, 11) is 0. The smallest absolute Gasteiger partial charge is 0.118 e. The fraction of sp³-hybridized carbons (Fsp3) is 0.333. The number of hydrogen-bond acceptors (Lipinski definition) is 2. The minimum absolute atomic E-state index is 0.374. The summed E-state index contributed by atoms with van der Waals surface area (Å²) in [6.07, 6.45) is 3.10. The van der Waals surface area contributed by atoms with Gasteiger partial charge in [0, 0.05) is 6.04 Å². The second-order valence-corrected chi connectivity index (χ2v) is 5.28. The molecule has 1 atom stereocenters. The molecule has 20 heavy (non-hydrogen) atoms. The third-order valence-corrected chi connectivity index (χ3v) is 3.50. The number of phenolic OH excluding ortho intramolecular Hbond substituents is 1. The maximum absolute atomic E-state index is 9.75. The van der Waals surface area contributed by atoms with E-state index in [1.54, 1.807) is 6.07 Å². The molecular weight excluding hydrogens is 246 g/mol. The minimum Gasteiger partial charge on any atom is -0.508 e. The lowest BCUT2D eigenvalue weighted by atomic mass is 10.1. The van der Waals surface area contributed by atoms with Crippen molar-refractivity contribution in [1.82, 2.24) is 5.32 Å². The molecule has 106 valence electrons. The van der Waals surface area contributed by atoms with Crippen molar-refractivity contribution in [3.05, 3.63) is 65.7 Å². The normalized spacial score (nSPS) is 12.2. The Kier molecular flexibility index (Phi) is 5.63. The number of phenols is 1. The number of aromatic hydroxyl groups is 1. The van der Waals surface area contributed by atoms with Crippen LogP contribution in [0.4, 0.5) is 0 Å². The van der Waals surface area contributed by atoms with E-state index < -0.39 is 0 Å². The van der Waals surface area contributed by atoms with E-state index >= 15 is 0 Å². The molecule has 1 unspecified atom stereocenters. The summed E-state index contributed by atoms with van der Waals surface area (Å²) < 4.78 is 0. The first-order chi connectivity index (χ1) is 9.75. The standard InChI is InChI=1S/C18H23NO/c1-15(14-17-11-5-6-12-18(17)20)19-13-7-10-16-8-3-2-4-9-16/h2-6,8-9,11-12,15,19-20H,7,10,13-14H2,1H3. The first-order valence-corrected chi connectivity index (χ1v) is 7.30. The summed E-state index contributed by atoms with van der Waals surface area (Å²) in [5.41, 5.74) is 2.40. The van der Waals surface area contributed by atoms with Crippen molar-refractivity contribution >= 4 is 0 Å². The van der Waals surface area contributed by atoms with Crippen molar-refractivity contribution in [2.75, 3.05) is 6.54 Å². The zero-order chi connectivity index (χ0) is 14.2. The Labute approximate surface area is 121 Å². The second-order valence-electron chi connectivity index (χ2n) is 5.28. The van der Waals surface area contributed by atoms with Crippen LogP contribution in [0.1, 0.15) is 24.5 Å². The highest BCUT2D eigenvalue weighted by atomic mass is 16.3. The van der Waals surface area contributed by atoms with Crippen LogP contribution in [0.15, 0.2) is 54.6 Å². The average Bonchev–Trinajstić information content (AvgIpc) is 2.47. The van der Waals surface area contributed by atoms with Gasteiger partial charge in [-0.05, 0) is 49.9 Å². The number of nitrogens with one attached hydrogen (secondary N) is 1. The lowest BCUT2D eigenvalue weighted by Crippen LogP contribution is -2.29. The van der Waals surface area contributed by atoms with E-state index in [0.717, 1.165) is 31.4 Å². The Morgan fingerprint density at radius 1 is 1.00 bits per heavy atom. The Balaban J connectivity index is 1.68. The summed E-state index contributed by atoms with van der Waals surface area (Å²) in [6, 6.07) is 18.5. The van der Waals surface area contributed by atoms with Gasteiger partial charge in [-0.25, -0.2) is 0 Å². The van der Waals surface area contributed by atoms with E-state index in [9.17, 15) is 5.11 Å². The Bertz CT molecular complexity index is 510. The quantitative estimate of drug-likeness (QED) is 0.753. The highest BCUT2D eigenvalue weighted by Crippen LogP contribution is 2.17. The highest BCUT2D eigenvalue weighted by molar-refractivity contribution is 5.32. The zero-order valence-corrected chi connectivity index (χ0v) is 12.0. The first kappa shape index (κ1) is 14.6. The van der Waals surface area contributed by atoms with Crippen LogP contribution in [0.25, 0.3) is 0 Å². The Hall–Kier alpha value is -1.80. The van der Waals surface area contributed by atoms with E-state index in [-0.39, 0.29) is 0 Å². The molecule has 2 nitrogen and oxygen atoms in total. The topological polar surface area (TPSA) is 32.3 Å². The number of rotatable bonds is 7. The van der Waals surface area contributed by atoms with Crippen molar-refractivity contribution in [1.29, 1.82) is 0 Å². The predicted octanol–water partition coefficient (Wildman–Crippen LogP) is 3.55. The largest absolute Gasteiger partial charge is 0.508 e. The van der Waals surface area contributed by atoms with Crippen LogP contribution in [-0.2, 0) is 12.8 Å². The van der Waals surface area contributed by atoms with E-state index in [1.807, 2.05) is 18.2 Å². The number of hydrogen-bond donors (Lipinski definition) is 2. The number of benzene rings is 2. The third kappa shape index (κ3) is 4.71. The fourth-order valence-electron chi connectivity index (χ4n) is 2.37. The summed E-state index contributed by atoms with van der Waals surface area (Å²) in [6.45, 7) is 3.17. The van der Waals surface area contributed by atoms with Gasteiger partial charge in [-0.3, -0.25) is 0 Å². The van der Waals surface area contributed by atoms with Gasteiger partial charge in [0.25, 0.3) is 0 Å². The molecule has 0 radical (unpaired) electrons. The minimum atomic E-state index is 0.374. The molecule has 0 aromatic heterocycles. The van der Waals surface area contributed by atoms with Crippen LogP contribution < -0.4 is 5.32 Å². The molecule has 2 aromatic carbocycles. The number of aryl methyl sites for hydroxylation is 1. The van der Waals surface area contributed by atoms with E-state index in [4.69, 9.17) is 0 Å². The molecule has 0 aliphatic rings. The summed E-state index contributed by atoms with van der Waals surface area (Å²) >= 11 is 0. The maximum Gasteiger partial charge on any atom is 0.118 e. The molecule has 2 N–H and O–H groups in total. The SMILES string of the molecule is CC(Cc1ccccc1O)NCCCc1ccccc1. The second kappa shape index (κ2) is 7.71. The molecule has 2 aromatic rings. The molecular formula is C18H23NO. The third-order valence-electron chi connectivity index (χ3n) is 3.50. The van der Waals surface area contributed by atoms with Gasteiger partial charge < -0.3 is 10.4 Å². The van der Waals surface area contributed by atoms with E-state index in [2.05, 4.69) is 42.6 Å². The molecule has 0 fully saturated rings. The molecule has 2 rings (SSSR count). The van der Waals surface area contributed by atoms with Crippen LogP contribution in [0, 0.1) is 0 Å². The van der Waals surface area contributed by atoms with Crippen LogP contribution in [0.5, 0.6) is 5.75 Å². The molecule has 0 bridgehead atoms. The number of para-hydroxylation sites is 1. The fourth-order valence-corrected chi connectivity index (χ4v) is 2.37. The van der Waals surface area contributed by atoms with Crippen LogP contribution in [0.3, 0.4) is 0 Å². The van der Waals surface area contributed by atoms with Gasteiger partial charge in [0.1, 0.15) is 5.75 Å². The zero-order valence-electron chi connectivity index (χ0n) is 12.0. The average molecular weight is 269 g/mol. The van der Waals surface area contributed by atoms with Gasteiger partial charge >= 0.3 is 0 Å². The Morgan fingerprint density at radius 2 is 1.70 bits per heavy atom. The van der Waals surface area contributed by atoms with Crippen molar-refractivity contribution < 1.29 is 5.11 Å². The van der Waals surface area contributed by atoms with E-state index in [1.165, 1.54) is 5.56 Å². The highest BCUT2D eigenvalue weighted by Gasteiger charge is 2.06. The van der Waals surface area contributed by atoms with Crippen molar-refractivity contribution in [3.8, 4) is 5.75 Å². The molecule has 0 amide bonds. The summed E-state index contributed by atoms with van der Waals surface area (Å²) in [4.78, 5) is 0. The molecule has 0 saturated carbocycles. The predicted molar refractivity (Wildman–Crippen MR) is 84.0 cm³/mol. The van der Waals surface area contributed by atoms with Crippen LogP contribution in [-0.4, -0.2) is 17.7 Å². The lowest BCUT2D eigenvalue weighted by molar-refractivity contribution is 0.458. The van der Waals surface area contributed by atoms with Crippen molar-refractivity contribution in [2.45, 2.75) is 32.2 Å². The molecule has 0 spiro atoms. The molecule has 0 aliphatic carbocycles. The lowest BCUT2D eigenvalue weighted by Gasteiger charge is -2.14. The van der Waals surface area contributed by atoms with Gasteiger partial charge in [0.05, 0.1) is 0 Å². The maximum atomic E-state index is 9.75. The van der Waals surface area contributed by atoms with Crippen LogP contribution in [0.2, 0.25) is 0 Å². The monoisotopic (exact) mass is 269 g/mol. The molecule has 0 aliphatic heterocycles. The summed E-state index contributed by atoms with van der Waals surface area (Å²) in [5.74, 6) is 0.394. The first-order valence-electron chi connectivity index (χ1n) is 7.30. The molecule has 2 heteroatoms. The van der Waals surface area contributed by atoms with Crippen LogP contribution >= 0.6 is 0 Å². The van der Waals surface area contributed by atoms with E-state index in [0.29, 0.717) is 11.8 Å². The van der Waals surface area contributed by atoms with Gasteiger partial charge in [0.2, 0.25) is 0 Å². The summed E-state index contributed by atoms with van der Waals surface area (Å²) in [5, 5.41) is 13.3. The molecule has 0 heterocycles. The molecule has 0 saturated heterocycles. The van der Waals surface area contributed by atoms with Gasteiger partial charge in [-0.15, -0.1) is 0 Å². The van der Waals surface area contributed by atoms with Crippen molar-refractivity contribution in [2.24, 2.45) is 0 Å². The van der Waals surface area contributed by atoms with Crippen molar-refractivity contribution in [3.63, 3.8) is 0 Å². The van der Waals surface area contributed by atoms with Gasteiger partial charge in [-0.2, -0.15) is 0 Å². The Morgan fingerprint density at radius 3 is 2.45 bits per heavy atom.